The van der Waals surface area contributed by atoms with Gasteiger partial charge in [-0.25, -0.2) is 4.79 Å². The fourth-order valence-electron chi connectivity index (χ4n) is 3.72. The Labute approximate surface area is 199 Å². The summed E-state index contributed by atoms with van der Waals surface area (Å²) in [5.41, 5.74) is 4.60. The lowest BCUT2D eigenvalue weighted by Crippen LogP contribution is -2.12. The van der Waals surface area contributed by atoms with E-state index >= 15 is 0 Å². The molecule has 4 rings (SSSR count). The van der Waals surface area contributed by atoms with Crippen LogP contribution in [-0.2, 0) is 19.4 Å². The second kappa shape index (κ2) is 15.5. The molecule has 0 amide bonds. The maximum Gasteiger partial charge on any atom is 0.352 e. The standard InChI is InChI=1S/C24H21NO2.3C2H6/c26-24(27)23-21(16-15-18-9-3-1-4-10-18)20-13-7-8-14-22(20)25(23)17-19-11-5-2-6-12-19;3*1-2/h1-14H,15-17H2,(H,26,27);3*1-2H3. The summed E-state index contributed by atoms with van der Waals surface area (Å²) >= 11 is 0. The summed E-state index contributed by atoms with van der Waals surface area (Å²) in [4.78, 5) is 12.2. The number of hydrogen-bond acceptors (Lipinski definition) is 1. The SMILES string of the molecule is CC.CC.CC.O=C(O)c1c(CCc2ccccc2)c2ccccc2n1Cc1ccccc1. The summed E-state index contributed by atoms with van der Waals surface area (Å²) in [6.45, 7) is 12.5. The predicted molar refractivity (Wildman–Crippen MR) is 142 cm³/mol. The number of nitrogens with zero attached hydrogens (tertiary/aromatic N) is 1. The van der Waals surface area contributed by atoms with Gasteiger partial charge in [-0.05, 0) is 35.6 Å². The molecule has 3 nitrogen and oxygen atoms in total. The molecule has 0 fully saturated rings. The van der Waals surface area contributed by atoms with E-state index < -0.39 is 5.97 Å². The lowest BCUT2D eigenvalue weighted by molar-refractivity contribution is 0.0685. The molecule has 0 radical (unpaired) electrons. The zero-order valence-electron chi connectivity index (χ0n) is 21.0. The molecule has 0 bridgehead atoms. The van der Waals surface area contributed by atoms with Gasteiger partial charge in [0.1, 0.15) is 5.69 Å². The molecule has 33 heavy (non-hydrogen) atoms. The quantitative estimate of drug-likeness (QED) is 0.324. The molecule has 4 aromatic rings. The Balaban J connectivity index is 0.000000841. The molecule has 3 heteroatoms. The van der Waals surface area contributed by atoms with E-state index in [1.807, 2.05) is 119 Å². The highest BCUT2D eigenvalue weighted by atomic mass is 16.4. The second-order valence-corrected chi connectivity index (χ2v) is 6.71. The number of aromatic nitrogens is 1. The van der Waals surface area contributed by atoms with Crippen molar-refractivity contribution in [2.24, 2.45) is 0 Å². The summed E-state index contributed by atoms with van der Waals surface area (Å²) in [7, 11) is 0. The lowest BCUT2D eigenvalue weighted by Gasteiger charge is -2.09. The van der Waals surface area contributed by atoms with Gasteiger partial charge in [-0.3, -0.25) is 0 Å². The summed E-state index contributed by atoms with van der Waals surface area (Å²) in [6, 6.07) is 28.2. The number of aromatic carboxylic acids is 1. The third-order valence-electron chi connectivity index (χ3n) is 4.97. The van der Waals surface area contributed by atoms with Gasteiger partial charge in [0.05, 0.1) is 0 Å². The maximum absolute atomic E-state index is 12.2. The van der Waals surface area contributed by atoms with E-state index in [1.165, 1.54) is 5.56 Å². The molecule has 1 heterocycles. The highest BCUT2D eigenvalue weighted by molar-refractivity contribution is 5.98. The average molecular weight is 446 g/mol. The summed E-state index contributed by atoms with van der Waals surface area (Å²) in [5.74, 6) is -0.870. The molecule has 0 aliphatic heterocycles. The van der Waals surface area contributed by atoms with Crippen molar-refractivity contribution >= 4 is 16.9 Å². The van der Waals surface area contributed by atoms with E-state index in [9.17, 15) is 9.90 Å². The van der Waals surface area contributed by atoms with Crippen molar-refractivity contribution in [1.82, 2.24) is 4.57 Å². The van der Waals surface area contributed by atoms with Crippen LogP contribution in [0.5, 0.6) is 0 Å². The van der Waals surface area contributed by atoms with Gasteiger partial charge in [0.15, 0.2) is 0 Å². The molecule has 0 spiro atoms. The molecule has 0 atom stereocenters. The maximum atomic E-state index is 12.2. The van der Waals surface area contributed by atoms with Crippen LogP contribution in [0.25, 0.3) is 10.9 Å². The molecule has 176 valence electrons. The first-order valence-electron chi connectivity index (χ1n) is 12.2. The van der Waals surface area contributed by atoms with Crippen molar-refractivity contribution in [1.29, 1.82) is 0 Å². The zero-order chi connectivity index (χ0) is 24.6. The van der Waals surface area contributed by atoms with E-state index in [2.05, 4.69) is 12.1 Å². The molecule has 1 aromatic heterocycles. The number of rotatable bonds is 6. The lowest BCUT2D eigenvalue weighted by atomic mass is 10.0. The summed E-state index contributed by atoms with van der Waals surface area (Å²) < 4.78 is 1.94. The molecule has 3 aromatic carbocycles. The van der Waals surface area contributed by atoms with Crippen LogP contribution in [-0.4, -0.2) is 15.6 Å². The van der Waals surface area contributed by atoms with Gasteiger partial charge in [-0.1, -0.05) is 120 Å². The van der Waals surface area contributed by atoms with Crippen LogP contribution in [0.4, 0.5) is 0 Å². The highest BCUT2D eigenvalue weighted by Crippen LogP contribution is 2.29. The fourth-order valence-corrected chi connectivity index (χ4v) is 3.72. The van der Waals surface area contributed by atoms with Gasteiger partial charge in [0.25, 0.3) is 0 Å². The van der Waals surface area contributed by atoms with Crippen molar-refractivity contribution in [3.63, 3.8) is 0 Å². The second-order valence-electron chi connectivity index (χ2n) is 6.71. The van der Waals surface area contributed by atoms with E-state index in [1.54, 1.807) is 0 Å². The number of para-hydroxylation sites is 1. The Morgan fingerprint density at radius 3 is 1.70 bits per heavy atom. The van der Waals surface area contributed by atoms with E-state index in [-0.39, 0.29) is 0 Å². The van der Waals surface area contributed by atoms with Gasteiger partial charge in [-0.15, -0.1) is 0 Å². The van der Waals surface area contributed by atoms with Gasteiger partial charge >= 0.3 is 5.97 Å². The van der Waals surface area contributed by atoms with Crippen molar-refractivity contribution in [3.05, 3.63) is 107 Å². The molecule has 0 saturated heterocycles. The van der Waals surface area contributed by atoms with Crippen molar-refractivity contribution in [3.8, 4) is 0 Å². The number of benzene rings is 3. The van der Waals surface area contributed by atoms with E-state index in [4.69, 9.17) is 0 Å². The molecule has 0 saturated carbocycles. The van der Waals surface area contributed by atoms with Crippen LogP contribution >= 0.6 is 0 Å². The molecule has 0 aliphatic carbocycles. The highest BCUT2D eigenvalue weighted by Gasteiger charge is 2.22. The van der Waals surface area contributed by atoms with Crippen LogP contribution in [0, 0.1) is 0 Å². The fraction of sp³-hybridized carbons (Fsp3) is 0.300. The number of hydrogen-bond donors (Lipinski definition) is 1. The first kappa shape index (κ1) is 27.7. The zero-order valence-corrected chi connectivity index (χ0v) is 21.0. The van der Waals surface area contributed by atoms with Gasteiger partial charge < -0.3 is 9.67 Å². The first-order chi connectivity index (χ1) is 16.2. The van der Waals surface area contributed by atoms with Crippen molar-refractivity contribution in [2.45, 2.75) is 60.9 Å². The number of carbonyl (C=O) groups is 1. The van der Waals surface area contributed by atoms with Crippen LogP contribution in [0.15, 0.2) is 84.9 Å². The smallest absolute Gasteiger partial charge is 0.352 e. The molecular weight excluding hydrogens is 406 g/mol. The number of aryl methyl sites for hydroxylation is 2. The minimum absolute atomic E-state index is 0.399. The number of carboxylic acid groups (broad SMARTS) is 1. The molecule has 1 N–H and O–H groups in total. The van der Waals surface area contributed by atoms with Crippen LogP contribution in [0.2, 0.25) is 0 Å². The van der Waals surface area contributed by atoms with Crippen molar-refractivity contribution in [2.75, 3.05) is 0 Å². The predicted octanol–water partition coefficient (Wildman–Crippen LogP) is 8.25. The Bertz CT molecular complexity index is 1070. The van der Waals surface area contributed by atoms with Gasteiger partial charge in [0, 0.05) is 17.4 Å². The third kappa shape index (κ3) is 7.35. The Hall–Kier alpha value is -3.33. The molecule has 0 aliphatic rings. The Morgan fingerprint density at radius 2 is 1.15 bits per heavy atom. The largest absolute Gasteiger partial charge is 0.477 e. The summed E-state index contributed by atoms with van der Waals surface area (Å²) in [6.07, 6.45) is 1.52. The minimum atomic E-state index is -0.870. The molecular formula is C30H39NO2. The van der Waals surface area contributed by atoms with E-state index in [0.717, 1.165) is 28.5 Å². The Kier molecular flexibility index (Phi) is 13.0. The average Bonchev–Trinajstić information content (AvgIpc) is 3.21. The molecule has 0 unspecified atom stereocenters. The van der Waals surface area contributed by atoms with Crippen LogP contribution in [0.1, 0.15) is 68.7 Å². The van der Waals surface area contributed by atoms with Crippen LogP contribution < -0.4 is 0 Å². The monoisotopic (exact) mass is 445 g/mol. The normalized spacial score (nSPS) is 9.52. The first-order valence-corrected chi connectivity index (χ1v) is 12.2. The third-order valence-corrected chi connectivity index (χ3v) is 4.97. The van der Waals surface area contributed by atoms with Crippen LogP contribution in [0.3, 0.4) is 0 Å². The number of fused-ring (bicyclic) bond motifs is 1. The topological polar surface area (TPSA) is 42.2 Å². The van der Waals surface area contributed by atoms with Crippen molar-refractivity contribution < 1.29 is 9.90 Å². The van der Waals surface area contributed by atoms with Gasteiger partial charge in [-0.2, -0.15) is 0 Å². The Morgan fingerprint density at radius 1 is 0.667 bits per heavy atom. The van der Waals surface area contributed by atoms with Gasteiger partial charge in [0.2, 0.25) is 0 Å². The van der Waals surface area contributed by atoms with E-state index in [0.29, 0.717) is 18.7 Å². The number of carboxylic acids is 1. The summed E-state index contributed by atoms with van der Waals surface area (Å²) in [5, 5.41) is 11.0. The minimum Gasteiger partial charge on any atom is -0.477 e.